The molecule has 0 aromatic carbocycles. The first-order valence-corrected chi connectivity index (χ1v) is 5.76. The van der Waals surface area contributed by atoms with E-state index in [2.05, 4.69) is 10.1 Å². The van der Waals surface area contributed by atoms with Crippen LogP contribution in [0.3, 0.4) is 0 Å². The number of hydrogen-bond acceptors (Lipinski definition) is 2. The second-order valence-electron chi connectivity index (χ2n) is 4.46. The normalized spacial score (nSPS) is 14.6. The van der Waals surface area contributed by atoms with Gasteiger partial charge in [-0.2, -0.15) is 8.78 Å². The van der Waals surface area contributed by atoms with Gasteiger partial charge in [-0.15, -0.1) is 0 Å². The van der Waals surface area contributed by atoms with Crippen LogP contribution in [0.2, 0.25) is 0 Å². The minimum Gasteiger partial charge on any atom is -0.373 e. The highest BCUT2D eigenvalue weighted by Gasteiger charge is 2.41. The highest BCUT2D eigenvalue weighted by atomic mass is 19.3. The van der Waals surface area contributed by atoms with Gasteiger partial charge in [0.1, 0.15) is 6.61 Å². The van der Waals surface area contributed by atoms with Crippen LogP contribution >= 0.6 is 0 Å². The quantitative estimate of drug-likeness (QED) is 0.643. The molecule has 0 saturated carbocycles. The van der Waals surface area contributed by atoms with Gasteiger partial charge in [0.15, 0.2) is 0 Å². The van der Waals surface area contributed by atoms with Crippen LogP contribution < -0.4 is 5.32 Å². The predicted molar refractivity (Wildman–Crippen MR) is 58.7 cm³/mol. The molecule has 0 bridgehead atoms. The summed E-state index contributed by atoms with van der Waals surface area (Å²) in [5.41, 5.74) is 0. The van der Waals surface area contributed by atoms with Crippen molar-refractivity contribution >= 4 is 0 Å². The lowest BCUT2D eigenvalue weighted by Gasteiger charge is -2.21. The third-order valence-electron chi connectivity index (χ3n) is 2.18. The Bertz CT molecular complexity index is 200. The smallest absolute Gasteiger partial charge is 0.330 e. The van der Waals surface area contributed by atoms with E-state index in [4.69, 9.17) is 0 Å². The van der Waals surface area contributed by atoms with Gasteiger partial charge in [0.25, 0.3) is 0 Å². The Kier molecular flexibility index (Phi) is 7.70. The summed E-state index contributed by atoms with van der Waals surface area (Å²) in [6, 6.07) is -0.0755. The third kappa shape index (κ3) is 7.54. The summed E-state index contributed by atoms with van der Waals surface area (Å²) < 4.78 is 53.5. The molecule has 17 heavy (non-hydrogen) atoms. The maximum absolute atomic E-state index is 12.5. The van der Waals surface area contributed by atoms with Gasteiger partial charge < -0.3 is 10.1 Å². The van der Waals surface area contributed by atoms with Crippen molar-refractivity contribution in [1.29, 1.82) is 0 Å². The number of hydrogen-bond donors (Lipinski definition) is 1. The summed E-state index contributed by atoms with van der Waals surface area (Å²) in [6.07, 6.45) is -2.92. The lowest BCUT2D eigenvalue weighted by Crippen LogP contribution is -2.38. The molecule has 0 radical (unpaired) electrons. The molecular weight excluding hydrogens is 238 g/mol. The summed E-state index contributed by atoms with van der Waals surface area (Å²) >= 11 is 0. The third-order valence-corrected chi connectivity index (χ3v) is 2.18. The van der Waals surface area contributed by atoms with Crippen LogP contribution in [0.15, 0.2) is 0 Å². The average molecular weight is 259 g/mol. The van der Waals surface area contributed by atoms with Crippen LogP contribution in [0.25, 0.3) is 0 Å². The van der Waals surface area contributed by atoms with Gasteiger partial charge in [0, 0.05) is 6.04 Å². The van der Waals surface area contributed by atoms with Gasteiger partial charge >= 0.3 is 12.3 Å². The van der Waals surface area contributed by atoms with Crippen LogP contribution in [0.5, 0.6) is 0 Å². The van der Waals surface area contributed by atoms with Gasteiger partial charge in [0.2, 0.25) is 0 Å². The van der Waals surface area contributed by atoms with Gasteiger partial charge in [-0.25, -0.2) is 8.78 Å². The van der Waals surface area contributed by atoms with Crippen molar-refractivity contribution in [3.05, 3.63) is 0 Å². The Labute approximate surface area is 99.7 Å². The SMILES string of the molecule is CCNC(COCC(F)(F)C(F)F)CC(C)C. The van der Waals surface area contributed by atoms with Gasteiger partial charge in [-0.3, -0.25) is 0 Å². The van der Waals surface area contributed by atoms with Crippen LogP contribution in [0.1, 0.15) is 27.2 Å². The fraction of sp³-hybridized carbons (Fsp3) is 1.00. The minimum absolute atomic E-state index is 0.0222. The summed E-state index contributed by atoms with van der Waals surface area (Å²) in [7, 11) is 0. The molecule has 1 N–H and O–H groups in total. The molecule has 0 amide bonds. The molecule has 0 aliphatic carbocycles. The topological polar surface area (TPSA) is 21.3 Å². The lowest BCUT2D eigenvalue weighted by atomic mass is 10.0. The zero-order chi connectivity index (χ0) is 13.5. The lowest BCUT2D eigenvalue weighted by molar-refractivity contribution is -0.167. The Morgan fingerprint density at radius 2 is 1.82 bits per heavy atom. The molecular formula is C11H21F4NO. The van der Waals surface area contributed by atoms with Crippen LogP contribution in [-0.4, -0.2) is 38.1 Å². The first kappa shape index (κ1) is 16.6. The van der Waals surface area contributed by atoms with E-state index in [-0.39, 0.29) is 12.6 Å². The van der Waals surface area contributed by atoms with E-state index in [0.717, 1.165) is 6.42 Å². The average Bonchev–Trinajstić information content (AvgIpc) is 2.16. The molecule has 0 saturated heterocycles. The molecule has 0 fully saturated rings. The Morgan fingerprint density at radius 1 is 1.24 bits per heavy atom. The van der Waals surface area contributed by atoms with Crippen molar-refractivity contribution in [2.45, 2.75) is 45.6 Å². The number of likely N-dealkylation sites (N-methyl/N-ethyl adjacent to an activating group) is 1. The molecule has 0 aliphatic heterocycles. The molecule has 6 heteroatoms. The van der Waals surface area contributed by atoms with Crippen molar-refractivity contribution in [2.75, 3.05) is 19.8 Å². The first-order valence-electron chi connectivity index (χ1n) is 5.76. The van der Waals surface area contributed by atoms with Crippen LogP contribution in [-0.2, 0) is 4.74 Å². The van der Waals surface area contributed by atoms with E-state index in [1.54, 1.807) is 0 Å². The number of alkyl halides is 4. The predicted octanol–water partition coefficient (Wildman–Crippen LogP) is 2.93. The van der Waals surface area contributed by atoms with E-state index in [0.29, 0.717) is 12.5 Å². The van der Waals surface area contributed by atoms with E-state index >= 15 is 0 Å². The van der Waals surface area contributed by atoms with Crippen molar-refractivity contribution in [3.8, 4) is 0 Å². The Morgan fingerprint density at radius 3 is 2.24 bits per heavy atom. The van der Waals surface area contributed by atoms with Gasteiger partial charge in [-0.1, -0.05) is 20.8 Å². The van der Waals surface area contributed by atoms with Crippen LogP contribution in [0.4, 0.5) is 17.6 Å². The summed E-state index contributed by atoms with van der Waals surface area (Å²) in [6.45, 7) is 5.36. The largest absolute Gasteiger partial charge is 0.373 e. The summed E-state index contributed by atoms with van der Waals surface area (Å²) in [5, 5.41) is 3.07. The summed E-state index contributed by atoms with van der Waals surface area (Å²) in [5.74, 6) is -3.67. The minimum atomic E-state index is -4.06. The molecule has 0 aromatic heterocycles. The molecule has 2 nitrogen and oxygen atoms in total. The van der Waals surface area contributed by atoms with E-state index in [9.17, 15) is 17.6 Å². The number of nitrogens with one attached hydrogen (secondary N) is 1. The Balaban J connectivity index is 3.96. The molecule has 0 aliphatic rings. The van der Waals surface area contributed by atoms with Crippen molar-refractivity contribution < 1.29 is 22.3 Å². The second kappa shape index (κ2) is 7.87. The number of ether oxygens (including phenoxy) is 1. The van der Waals surface area contributed by atoms with E-state index in [1.807, 2.05) is 20.8 Å². The fourth-order valence-electron chi connectivity index (χ4n) is 1.47. The Hall–Kier alpha value is -0.360. The maximum atomic E-state index is 12.5. The van der Waals surface area contributed by atoms with Crippen molar-refractivity contribution in [2.24, 2.45) is 5.92 Å². The highest BCUT2D eigenvalue weighted by molar-refractivity contribution is 4.71. The molecule has 0 aromatic rings. The molecule has 1 unspecified atom stereocenters. The fourth-order valence-corrected chi connectivity index (χ4v) is 1.47. The van der Waals surface area contributed by atoms with E-state index in [1.165, 1.54) is 0 Å². The monoisotopic (exact) mass is 259 g/mol. The molecule has 0 heterocycles. The van der Waals surface area contributed by atoms with Gasteiger partial charge in [-0.05, 0) is 18.9 Å². The number of halogens is 4. The highest BCUT2D eigenvalue weighted by Crippen LogP contribution is 2.23. The maximum Gasteiger partial charge on any atom is 0.330 e. The van der Waals surface area contributed by atoms with Gasteiger partial charge in [0.05, 0.1) is 6.61 Å². The van der Waals surface area contributed by atoms with E-state index < -0.39 is 19.0 Å². The zero-order valence-electron chi connectivity index (χ0n) is 10.5. The number of rotatable bonds is 9. The molecule has 0 rings (SSSR count). The zero-order valence-corrected chi connectivity index (χ0v) is 10.5. The summed E-state index contributed by atoms with van der Waals surface area (Å²) in [4.78, 5) is 0. The molecule has 0 spiro atoms. The second-order valence-corrected chi connectivity index (χ2v) is 4.46. The van der Waals surface area contributed by atoms with Crippen molar-refractivity contribution in [3.63, 3.8) is 0 Å². The standard InChI is InChI=1S/C11H21F4NO/c1-4-16-9(5-8(2)3)6-17-7-11(14,15)10(12)13/h8-10,16H,4-7H2,1-3H3. The van der Waals surface area contributed by atoms with Crippen LogP contribution in [0, 0.1) is 5.92 Å². The molecule has 104 valence electrons. The molecule has 1 atom stereocenters. The van der Waals surface area contributed by atoms with Crippen molar-refractivity contribution in [1.82, 2.24) is 5.32 Å². The first-order chi connectivity index (χ1) is 7.79.